The minimum Gasteiger partial charge on any atom is -0.387 e. The van der Waals surface area contributed by atoms with Crippen LogP contribution in [-0.4, -0.2) is 51.1 Å². The zero-order valence-electron chi connectivity index (χ0n) is 20.1. The quantitative estimate of drug-likeness (QED) is 0.441. The number of aliphatic hydroxyl groups is 1. The normalized spacial score (nSPS) is 20.4. The Morgan fingerprint density at radius 2 is 1.91 bits per heavy atom. The van der Waals surface area contributed by atoms with Crippen LogP contribution in [0.5, 0.6) is 0 Å². The van der Waals surface area contributed by atoms with Crippen LogP contribution in [0.25, 0.3) is 0 Å². The van der Waals surface area contributed by atoms with E-state index in [0.717, 1.165) is 36.2 Å². The summed E-state index contributed by atoms with van der Waals surface area (Å²) in [6.45, 7) is 0.527. The van der Waals surface area contributed by atoms with Crippen LogP contribution in [0.15, 0.2) is 67.1 Å². The fourth-order valence-corrected chi connectivity index (χ4v) is 4.72. The van der Waals surface area contributed by atoms with E-state index in [9.17, 15) is 9.90 Å². The second kappa shape index (κ2) is 10.5. The molecule has 2 aromatic heterocycles. The molecule has 0 unspecified atom stereocenters. The number of anilines is 1. The highest BCUT2D eigenvalue weighted by Gasteiger charge is 2.30. The van der Waals surface area contributed by atoms with Crippen LogP contribution < -0.4 is 10.6 Å². The van der Waals surface area contributed by atoms with Crippen molar-refractivity contribution in [3.63, 3.8) is 0 Å². The first-order valence-electron chi connectivity index (χ1n) is 12.4. The second-order valence-corrected chi connectivity index (χ2v) is 9.81. The number of hydrogen-bond donors (Lipinski definition) is 3. The van der Waals surface area contributed by atoms with Crippen LogP contribution in [0.3, 0.4) is 0 Å². The van der Waals surface area contributed by atoms with Gasteiger partial charge in [-0.3, -0.25) is 9.78 Å². The van der Waals surface area contributed by atoms with Crippen LogP contribution in [0.4, 0.5) is 5.82 Å². The molecule has 2 aliphatic rings. The van der Waals surface area contributed by atoms with Gasteiger partial charge in [-0.15, -0.1) is 0 Å². The summed E-state index contributed by atoms with van der Waals surface area (Å²) in [4.78, 5) is 23.1. The Bertz CT molecular complexity index is 1120. The highest BCUT2D eigenvalue weighted by Crippen LogP contribution is 2.28. The first-order chi connectivity index (χ1) is 17.0. The molecule has 3 atom stereocenters. The first kappa shape index (κ1) is 23.5. The fraction of sp³-hybridized carbons (Fsp3) is 0.393. The molecule has 1 amide bonds. The zero-order valence-corrected chi connectivity index (χ0v) is 20.1. The molecule has 182 valence electrons. The Morgan fingerprint density at radius 1 is 1.09 bits per heavy atom. The monoisotopic (exact) mass is 471 g/mol. The number of rotatable bonds is 9. The molecule has 1 saturated carbocycles. The summed E-state index contributed by atoms with van der Waals surface area (Å²) in [6.07, 6.45) is 9.94. The largest absolute Gasteiger partial charge is 0.387 e. The highest BCUT2D eigenvalue weighted by molar-refractivity contribution is 5.94. The number of aromatic nitrogens is 2. The van der Waals surface area contributed by atoms with Crippen molar-refractivity contribution >= 4 is 11.7 Å². The van der Waals surface area contributed by atoms with E-state index in [-0.39, 0.29) is 11.9 Å². The molecule has 1 saturated heterocycles. The van der Waals surface area contributed by atoms with E-state index in [0.29, 0.717) is 24.2 Å². The summed E-state index contributed by atoms with van der Waals surface area (Å²) in [6, 6.07) is 16.5. The number of nitrogens with one attached hydrogen (secondary N) is 2. The maximum Gasteiger partial charge on any atom is 0.253 e. The van der Waals surface area contributed by atoms with Crippen LogP contribution >= 0.6 is 0 Å². The third-order valence-electron chi connectivity index (χ3n) is 6.89. The van der Waals surface area contributed by atoms with Gasteiger partial charge in [-0.05, 0) is 67.5 Å². The predicted octanol–water partition coefficient (Wildman–Crippen LogP) is 3.72. The molecule has 0 spiro atoms. The van der Waals surface area contributed by atoms with Crippen molar-refractivity contribution < 1.29 is 9.90 Å². The Labute approximate surface area is 206 Å². The maximum absolute atomic E-state index is 12.8. The molecule has 3 aromatic rings. The molecule has 7 nitrogen and oxygen atoms in total. The number of pyridine rings is 2. The maximum atomic E-state index is 12.8. The number of carbonyl (C=O) groups excluding carboxylic acids is 1. The molecule has 5 rings (SSSR count). The SMILES string of the molecule is CN(Cc1cccnc1)C(=O)c1ccc(C[C@@H]2CC[C@H]([C@H](O)c3ccc(NC4CC4)nc3)N2)cc1. The minimum absolute atomic E-state index is 0.00506. The molecule has 1 aromatic carbocycles. The van der Waals surface area contributed by atoms with Crippen LogP contribution in [0, 0.1) is 0 Å². The number of benzene rings is 1. The van der Waals surface area contributed by atoms with E-state index in [4.69, 9.17) is 0 Å². The van der Waals surface area contributed by atoms with E-state index in [1.807, 2.05) is 55.6 Å². The molecule has 2 fully saturated rings. The molecular formula is C28H33N5O2. The fourth-order valence-electron chi connectivity index (χ4n) is 4.72. The van der Waals surface area contributed by atoms with Crippen molar-refractivity contribution in [1.29, 1.82) is 0 Å². The van der Waals surface area contributed by atoms with Gasteiger partial charge in [0.15, 0.2) is 0 Å². The Kier molecular flexibility index (Phi) is 7.06. The van der Waals surface area contributed by atoms with Crippen molar-refractivity contribution in [3.8, 4) is 0 Å². The van der Waals surface area contributed by atoms with Crippen molar-refractivity contribution in [3.05, 3.63) is 89.4 Å². The van der Waals surface area contributed by atoms with E-state index < -0.39 is 6.10 Å². The Hall–Kier alpha value is -3.29. The third kappa shape index (κ3) is 6.05. The second-order valence-electron chi connectivity index (χ2n) is 9.81. The van der Waals surface area contributed by atoms with Gasteiger partial charge in [0.25, 0.3) is 5.91 Å². The van der Waals surface area contributed by atoms with Crippen LogP contribution in [-0.2, 0) is 13.0 Å². The van der Waals surface area contributed by atoms with Gasteiger partial charge in [0.2, 0.25) is 0 Å². The average Bonchev–Trinajstić information content (AvgIpc) is 3.59. The molecule has 3 heterocycles. The smallest absolute Gasteiger partial charge is 0.253 e. The number of carbonyl (C=O) groups is 1. The third-order valence-corrected chi connectivity index (χ3v) is 6.89. The van der Waals surface area contributed by atoms with E-state index >= 15 is 0 Å². The lowest BCUT2D eigenvalue weighted by Gasteiger charge is -2.21. The van der Waals surface area contributed by atoms with Crippen molar-refractivity contribution in [2.45, 2.75) is 62.9 Å². The number of aliphatic hydroxyl groups excluding tert-OH is 1. The molecule has 1 aliphatic heterocycles. The highest BCUT2D eigenvalue weighted by atomic mass is 16.3. The standard InChI is InChI=1S/C28H33N5O2/c1-33(18-20-3-2-14-29-16-20)28(35)21-6-4-19(5-7-21)15-24-11-12-25(31-24)27(34)22-8-13-26(30-17-22)32-23-9-10-23/h2-8,13-14,16-17,23-25,27,31,34H,9-12,15,18H2,1H3,(H,30,32)/t24-,25+,27+/m0/s1. The van der Waals surface area contributed by atoms with Gasteiger partial charge >= 0.3 is 0 Å². The van der Waals surface area contributed by atoms with Gasteiger partial charge in [0.05, 0.1) is 6.10 Å². The summed E-state index contributed by atoms with van der Waals surface area (Å²) in [5.41, 5.74) is 3.72. The Morgan fingerprint density at radius 3 is 2.60 bits per heavy atom. The minimum atomic E-state index is -0.571. The summed E-state index contributed by atoms with van der Waals surface area (Å²) in [7, 11) is 1.81. The summed E-state index contributed by atoms with van der Waals surface area (Å²) in [5, 5.41) is 17.9. The van der Waals surface area contributed by atoms with Gasteiger partial charge in [-0.25, -0.2) is 4.98 Å². The molecular weight excluding hydrogens is 438 g/mol. The average molecular weight is 472 g/mol. The van der Waals surface area contributed by atoms with E-state index in [2.05, 4.69) is 20.6 Å². The van der Waals surface area contributed by atoms with E-state index in [1.165, 1.54) is 18.4 Å². The summed E-state index contributed by atoms with van der Waals surface area (Å²) < 4.78 is 0. The van der Waals surface area contributed by atoms with Gasteiger partial charge in [0, 0.05) is 61.4 Å². The first-order valence-corrected chi connectivity index (χ1v) is 12.4. The van der Waals surface area contributed by atoms with E-state index in [1.54, 1.807) is 23.5 Å². The number of nitrogens with zero attached hydrogens (tertiary/aromatic N) is 3. The molecule has 1 aliphatic carbocycles. The summed E-state index contributed by atoms with van der Waals surface area (Å²) in [5.74, 6) is 0.875. The molecule has 35 heavy (non-hydrogen) atoms. The van der Waals surface area contributed by atoms with Gasteiger partial charge < -0.3 is 20.6 Å². The molecule has 0 bridgehead atoms. The van der Waals surface area contributed by atoms with Crippen molar-refractivity contribution in [1.82, 2.24) is 20.2 Å². The van der Waals surface area contributed by atoms with Crippen LogP contribution in [0.1, 0.15) is 58.8 Å². The molecule has 3 N–H and O–H groups in total. The molecule has 7 heteroatoms. The zero-order chi connectivity index (χ0) is 24.2. The number of amides is 1. The van der Waals surface area contributed by atoms with Gasteiger partial charge in [-0.1, -0.05) is 24.3 Å². The van der Waals surface area contributed by atoms with Crippen molar-refractivity contribution in [2.75, 3.05) is 12.4 Å². The summed E-state index contributed by atoms with van der Waals surface area (Å²) >= 11 is 0. The van der Waals surface area contributed by atoms with Gasteiger partial charge in [-0.2, -0.15) is 0 Å². The lowest BCUT2D eigenvalue weighted by molar-refractivity contribution is 0.0785. The van der Waals surface area contributed by atoms with Crippen molar-refractivity contribution in [2.24, 2.45) is 0 Å². The van der Waals surface area contributed by atoms with Crippen LogP contribution in [0.2, 0.25) is 0 Å². The lowest BCUT2D eigenvalue weighted by atomic mass is 10.0. The molecule has 0 radical (unpaired) electrons. The topological polar surface area (TPSA) is 90.4 Å². The predicted molar refractivity (Wildman–Crippen MR) is 136 cm³/mol. The lowest BCUT2D eigenvalue weighted by Crippen LogP contribution is -2.35. The van der Waals surface area contributed by atoms with Gasteiger partial charge in [0.1, 0.15) is 5.82 Å². The Balaban J connectivity index is 1.12. The number of hydrogen-bond acceptors (Lipinski definition) is 6.